The molecule has 4 heteroatoms. The molecule has 0 aliphatic carbocycles. The first-order valence-corrected chi connectivity index (χ1v) is 8.51. The molecule has 2 atom stereocenters. The van der Waals surface area contributed by atoms with E-state index in [0.717, 1.165) is 38.1 Å². The Hall–Kier alpha value is -1.00. The van der Waals surface area contributed by atoms with Crippen LogP contribution in [-0.4, -0.2) is 35.7 Å². The van der Waals surface area contributed by atoms with Gasteiger partial charge in [-0.15, -0.1) is 11.8 Å². The van der Waals surface area contributed by atoms with Crippen molar-refractivity contribution >= 4 is 17.7 Å². The number of nitrogens with one attached hydrogen (secondary N) is 1. The first-order chi connectivity index (χ1) is 9.75. The lowest BCUT2D eigenvalue weighted by Crippen LogP contribution is -2.45. The molecule has 2 aliphatic heterocycles. The minimum atomic E-state index is -0.0887. The summed E-state index contributed by atoms with van der Waals surface area (Å²) in [7, 11) is 0. The van der Waals surface area contributed by atoms with Gasteiger partial charge < -0.3 is 4.90 Å². The fourth-order valence-electron chi connectivity index (χ4n) is 3.10. The van der Waals surface area contributed by atoms with Crippen molar-refractivity contribution in [1.29, 1.82) is 0 Å². The van der Waals surface area contributed by atoms with Gasteiger partial charge in [0.2, 0.25) is 5.91 Å². The first kappa shape index (κ1) is 14.0. The number of benzene rings is 1. The minimum Gasteiger partial charge on any atom is -0.341 e. The lowest BCUT2D eigenvalue weighted by atomic mass is 10.0. The Labute approximate surface area is 125 Å². The second kappa shape index (κ2) is 6.19. The fraction of sp³-hybridized carbons (Fsp3) is 0.562. The molecule has 1 aromatic rings. The van der Waals surface area contributed by atoms with Gasteiger partial charge in [0.1, 0.15) is 0 Å². The van der Waals surface area contributed by atoms with E-state index in [9.17, 15) is 4.79 Å². The van der Waals surface area contributed by atoms with Crippen LogP contribution in [0.3, 0.4) is 0 Å². The third-order valence-corrected chi connectivity index (χ3v) is 5.32. The number of carbonyl (C=O) groups is 1. The topological polar surface area (TPSA) is 32.3 Å². The zero-order valence-electron chi connectivity index (χ0n) is 12.0. The highest BCUT2D eigenvalue weighted by molar-refractivity contribution is 7.99. The van der Waals surface area contributed by atoms with Crippen molar-refractivity contribution in [3.8, 4) is 0 Å². The minimum absolute atomic E-state index is 0.0887. The average molecular weight is 290 g/mol. The number of fused-ring (bicyclic) bond motifs is 1. The number of hydrogen-bond acceptors (Lipinski definition) is 3. The smallest absolute Gasteiger partial charge is 0.239 e. The van der Waals surface area contributed by atoms with Crippen molar-refractivity contribution in [3.63, 3.8) is 0 Å². The van der Waals surface area contributed by atoms with E-state index in [1.807, 2.05) is 23.6 Å². The van der Waals surface area contributed by atoms with E-state index in [1.54, 1.807) is 0 Å². The number of rotatable bonds is 3. The molecule has 0 saturated carbocycles. The van der Waals surface area contributed by atoms with Gasteiger partial charge in [-0.25, -0.2) is 0 Å². The van der Waals surface area contributed by atoms with E-state index in [1.165, 1.54) is 10.5 Å². The second-order valence-corrected chi connectivity index (χ2v) is 6.79. The van der Waals surface area contributed by atoms with E-state index in [4.69, 9.17) is 0 Å². The van der Waals surface area contributed by atoms with Gasteiger partial charge >= 0.3 is 0 Å². The number of hydrogen-bond donors (Lipinski definition) is 1. The van der Waals surface area contributed by atoms with Gasteiger partial charge in [-0.3, -0.25) is 10.1 Å². The van der Waals surface area contributed by atoms with Gasteiger partial charge in [0.15, 0.2) is 0 Å². The van der Waals surface area contributed by atoms with Gasteiger partial charge in [0, 0.05) is 24.0 Å². The van der Waals surface area contributed by atoms with E-state index in [-0.39, 0.29) is 11.9 Å². The molecule has 0 bridgehead atoms. The van der Waals surface area contributed by atoms with Crippen LogP contribution in [0, 0.1) is 0 Å². The predicted octanol–water partition coefficient (Wildman–Crippen LogP) is 2.82. The van der Waals surface area contributed by atoms with Crippen molar-refractivity contribution in [2.45, 2.75) is 43.2 Å². The summed E-state index contributed by atoms with van der Waals surface area (Å²) in [6.45, 7) is 3.87. The molecule has 108 valence electrons. The van der Waals surface area contributed by atoms with Gasteiger partial charge in [-0.1, -0.05) is 18.2 Å². The van der Waals surface area contributed by atoms with Crippen LogP contribution in [0.15, 0.2) is 29.2 Å². The van der Waals surface area contributed by atoms with E-state index < -0.39 is 0 Å². The molecule has 3 rings (SSSR count). The van der Waals surface area contributed by atoms with Crippen molar-refractivity contribution in [3.05, 3.63) is 29.8 Å². The Morgan fingerprint density at radius 1 is 1.35 bits per heavy atom. The highest BCUT2D eigenvalue weighted by atomic mass is 32.2. The molecule has 20 heavy (non-hydrogen) atoms. The standard InChI is InChI=1S/C16H22N2OS/c1-12(16(19)18-9-4-5-10-18)17-14-8-11-20-15-7-3-2-6-13(14)15/h2-3,6-7,12,14,17H,4-5,8-11H2,1H3. The van der Waals surface area contributed by atoms with Crippen LogP contribution in [-0.2, 0) is 4.79 Å². The molecule has 0 aromatic heterocycles. The molecule has 1 amide bonds. The Morgan fingerprint density at radius 2 is 2.10 bits per heavy atom. The number of nitrogens with zero attached hydrogens (tertiary/aromatic N) is 1. The number of thioether (sulfide) groups is 1. The average Bonchev–Trinajstić information content (AvgIpc) is 3.01. The summed E-state index contributed by atoms with van der Waals surface area (Å²) in [6, 6.07) is 8.77. The van der Waals surface area contributed by atoms with E-state index in [2.05, 4.69) is 29.6 Å². The normalized spacial score (nSPS) is 23.4. The van der Waals surface area contributed by atoms with Gasteiger partial charge in [-0.2, -0.15) is 0 Å². The third-order valence-electron chi connectivity index (χ3n) is 4.20. The number of amides is 1. The maximum absolute atomic E-state index is 12.4. The summed E-state index contributed by atoms with van der Waals surface area (Å²) in [4.78, 5) is 15.7. The molecule has 2 aliphatic rings. The van der Waals surface area contributed by atoms with Crippen LogP contribution in [0.1, 0.15) is 37.8 Å². The van der Waals surface area contributed by atoms with Crippen molar-refractivity contribution in [2.24, 2.45) is 0 Å². The molecule has 0 radical (unpaired) electrons. The Bertz CT molecular complexity index is 485. The van der Waals surface area contributed by atoms with Crippen LogP contribution in [0.25, 0.3) is 0 Å². The molecular weight excluding hydrogens is 268 g/mol. The zero-order chi connectivity index (χ0) is 13.9. The highest BCUT2D eigenvalue weighted by Gasteiger charge is 2.27. The summed E-state index contributed by atoms with van der Waals surface area (Å²) in [6.07, 6.45) is 3.40. The summed E-state index contributed by atoms with van der Waals surface area (Å²) in [5.41, 5.74) is 1.35. The number of likely N-dealkylation sites (tertiary alicyclic amines) is 1. The van der Waals surface area contributed by atoms with E-state index in [0.29, 0.717) is 6.04 Å². The lowest BCUT2D eigenvalue weighted by molar-refractivity contribution is -0.132. The van der Waals surface area contributed by atoms with Crippen molar-refractivity contribution < 1.29 is 4.79 Å². The van der Waals surface area contributed by atoms with Crippen LogP contribution in [0.2, 0.25) is 0 Å². The molecule has 1 N–H and O–H groups in total. The molecule has 3 nitrogen and oxygen atoms in total. The second-order valence-electron chi connectivity index (χ2n) is 5.65. The summed E-state index contributed by atoms with van der Waals surface area (Å²) < 4.78 is 0. The first-order valence-electron chi connectivity index (χ1n) is 7.52. The predicted molar refractivity (Wildman–Crippen MR) is 82.9 cm³/mol. The lowest BCUT2D eigenvalue weighted by Gasteiger charge is -2.30. The number of carbonyl (C=O) groups excluding carboxylic acids is 1. The van der Waals surface area contributed by atoms with Crippen molar-refractivity contribution in [2.75, 3.05) is 18.8 Å². The highest BCUT2D eigenvalue weighted by Crippen LogP contribution is 2.36. The zero-order valence-corrected chi connectivity index (χ0v) is 12.8. The van der Waals surface area contributed by atoms with Crippen LogP contribution < -0.4 is 5.32 Å². The Kier molecular flexibility index (Phi) is 4.32. The Balaban J connectivity index is 1.67. The quantitative estimate of drug-likeness (QED) is 0.929. The van der Waals surface area contributed by atoms with E-state index >= 15 is 0 Å². The molecule has 2 heterocycles. The van der Waals surface area contributed by atoms with Crippen molar-refractivity contribution in [1.82, 2.24) is 10.2 Å². The summed E-state index contributed by atoms with van der Waals surface area (Å²) >= 11 is 1.92. The Morgan fingerprint density at radius 3 is 2.90 bits per heavy atom. The molecule has 1 fully saturated rings. The molecular formula is C16H22N2OS. The SMILES string of the molecule is CC(NC1CCSc2ccccc21)C(=O)N1CCCC1. The molecule has 0 spiro atoms. The largest absolute Gasteiger partial charge is 0.341 e. The van der Waals surface area contributed by atoms with Crippen LogP contribution >= 0.6 is 11.8 Å². The van der Waals surface area contributed by atoms with Crippen LogP contribution in [0.5, 0.6) is 0 Å². The molecule has 2 unspecified atom stereocenters. The van der Waals surface area contributed by atoms with Gasteiger partial charge in [0.05, 0.1) is 6.04 Å². The fourth-order valence-corrected chi connectivity index (χ4v) is 4.22. The third kappa shape index (κ3) is 2.86. The summed E-state index contributed by atoms with van der Waals surface area (Å²) in [5, 5.41) is 3.55. The monoisotopic (exact) mass is 290 g/mol. The van der Waals surface area contributed by atoms with Gasteiger partial charge in [-0.05, 0) is 43.6 Å². The van der Waals surface area contributed by atoms with Gasteiger partial charge in [0.25, 0.3) is 0 Å². The molecule has 1 saturated heterocycles. The maximum Gasteiger partial charge on any atom is 0.239 e. The maximum atomic E-state index is 12.4. The summed E-state index contributed by atoms with van der Waals surface area (Å²) in [5.74, 6) is 1.39. The van der Waals surface area contributed by atoms with Crippen LogP contribution in [0.4, 0.5) is 0 Å². The molecule has 1 aromatic carbocycles.